The number of imidazole rings is 1. The fourth-order valence-electron chi connectivity index (χ4n) is 4.28. The molecule has 1 amide bonds. The zero-order chi connectivity index (χ0) is 21.4. The van der Waals surface area contributed by atoms with E-state index in [1.54, 1.807) is 4.90 Å². The molecule has 1 saturated heterocycles. The number of aromatic nitrogens is 4. The summed E-state index contributed by atoms with van der Waals surface area (Å²) in [6.07, 6.45) is 5.06. The summed E-state index contributed by atoms with van der Waals surface area (Å²) < 4.78 is 8.09. The third-order valence-corrected chi connectivity index (χ3v) is 6.10. The summed E-state index contributed by atoms with van der Waals surface area (Å²) in [7, 11) is 3.86. The van der Waals surface area contributed by atoms with Crippen LogP contribution in [0.5, 0.6) is 5.88 Å². The van der Waals surface area contributed by atoms with E-state index in [0.717, 1.165) is 39.7 Å². The van der Waals surface area contributed by atoms with E-state index in [1.807, 2.05) is 31.2 Å². The number of para-hydroxylation sites is 1. The number of benzene rings is 2. The minimum Gasteiger partial charge on any atom is -0.473 e. The second-order valence-electron chi connectivity index (χ2n) is 8.18. The molecule has 1 atom stereocenters. The van der Waals surface area contributed by atoms with Gasteiger partial charge in [0.15, 0.2) is 0 Å². The van der Waals surface area contributed by atoms with Gasteiger partial charge in [0.05, 0.1) is 23.6 Å². The van der Waals surface area contributed by atoms with Crippen molar-refractivity contribution < 1.29 is 9.53 Å². The number of amides is 1. The molecule has 3 heterocycles. The van der Waals surface area contributed by atoms with Gasteiger partial charge in [-0.15, -0.1) is 0 Å². The van der Waals surface area contributed by atoms with Crippen molar-refractivity contribution in [2.45, 2.75) is 25.4 Å². The number of carbonyl (C=O) groups excluding carboxylic acids is 1. The Kier molecular flexibility index (Phi) is 4.94. The van der Waals surface area contributed by atoms with Crippen LogP contribution in [0.1, 0.15) is 29.9 Å². The first-order chi connectivity index (χ1) is 15.1. The van der Waals surface area contributed by atoms with Gasteiger partial charge in [-0.25, -0.2) is 10.1 Å². The van der Waals surface area contributed by atoms with E-state index in [4.69, 9.17) is 4.74 Å². The minimum absolute atomic E-state index is 0.198. The molecule has 0 spiro atoms. The van der Waals surface area contributed by atoms with Crippen LogP contribution >= 0.6 is 0 Å². The zero-order valence-corrected chi connectivity index (χ0v) is 17.7. The molecule has 1 fully saturated rings. The van der Waals surface area contributed by atoms with Crippen molar-refractivity contribution >= 4 is 16.9 Å². The number of H-pyrrole nitrogens is 1. The Labute approximate surface area is 180 Å². The first-order valence-corrected chi connectivity index (χ1v) is 10.5. The number of aromatic amines is 1. The summed E-state index contributed by atoms with van der Waals surface area (Å²) in [5.41, 5.74) is 6.49. The number of rotatable bonds is 5. The number of likely N-dealkylation sites (tertiary alicyclic amines) is 1. The zero-order valence-electron chi connectivity index (χ0n) is 17.7. The number of fused-ring (bicyclic) bond motifs is 1. The Morgan fingerprint density at radius 2 is 2.00 bits per heavy atom. The predicted molar refractivity (Wildman–Crippen MR) is 119 cm³/mol. The summed E-state index contributed by atoms with van der Waals surface area (Å²) in [6.45, 7) is 1.15. The van der Waals surface area contributed by atoms with E-state index >= 15 is 0 Å². The van der Waals surface area contributed by atoms with Gasteiger partial charge in [0, 0.05) is 44.1 Å². The Morgan fingerprint density at radius 3 is 2.81 bits per heavy atom. The van der Waals surface area contributed by atoms with Crippen LogP contribution in [-0.2, 0) is 18.4 Å². The maximum absolute atomic E-state index is 11.8. The molecule has 2 aromatic heterocycles. The van der Waals surface area contributed by atoms with E-state index in [0.29, 0.717) is 25.5 Å². The smallest absolute Gasteiger partial charge is 0.222 e. The third kappa shape index (κ3) is 3.67. The van der Waals surface area contributed by atoms with Crippen molar-refractivity contribution in [3.05, 3.63) is 66.1 Å². The predicted octanol–water partition coefficient (Wildman–Crippen LogP) is 3.88. The monoisotopic (exact) mass is 415 g/mol. The first kappa shape index (κ1) is 19.4. The van der Waals surface area contributed by atoms with Crippen molar-refractivity contribution in [1.82, 2.24) is 24.6 Å². The van der Waals surface area contributed by atoms with Gasteiger partial charge >= 0.3 is 0 Å². The molecule has 1 aliphatic rings. The average Bonchev–Trinajstić information content (AvgIpc) is 3.41. The average molecular weight is 415 g/mol. The molecule has 1 aliphatic heterocycles. The Morgan fingerprint density at radius 1 is 1.16 bits per heavy atom. The number of likely N-dealkylation sites (N-methyl/N-ethyl adjacent to an activating group) is 1. The minimum atomic E-state index is 0.198. The number of piperidine rings is 1. The molecule has 4 aromatic rings. The summed E-state index contributed by atoms with van der Waals surface area (Å²) in [4.78, 5) is 18.1. The molecular weight excluding hydrogens is 390 g/mol. The maximum Gasteiger partial charge on any atom is 0.222 e. The SMILES string of the molecule is CN1CC(c2cn[nH]c2OCc2ccc(-c3cccc4c3ncn4C)cc2)CCC1=O. The van der Waals surface area contributed by atoms with E-state index in [1.165, 1.54) is 0 Å². The van der Waals surface area contributed by atoms with Gasteiger partial charge in [-0.05, 0) is 23.6 Å². The molecule has 0 radical (unpaired) electrons. The van der Waals surface area contributed by atoms with Crippen LogP contribution in [-0.4, -0.2) is 44.1 Å². The topological polar surface area (TPSA) is 76.0 Å². The van der Waals surface area contributed by atoms with E-state index < -0.39 is 0 Å². The lowest BCUT2D eigenvalue weighted by atomic mass is 9.92. The largest absolute Gasteiger partial charge is 0.473 e. The molecule has 7 heteroatoms. The maximum atomic E-state index is 11.8. The molecule has 0 saturated carbocycles. The second kappa shape index (κ2) is 7.91. The summed E-state index contributed by atoms with van der Waals surface area (Å²) in [6, 6.07) is 14.6. The molecule has 7 nitrogen and oxygen atoms in total. The van der Waals surface area contributed by atoms with Gasteiger partial charge in [-0.3, -0.25) is 4.79 Å². The van der Waals surface area contributed by atoms with Gasteiger partial charge in [0.25, 0.3) is 0 Å². The molecule has 1 unspecified atom stereocenters. The highest BCUT2D eigenvalue weighted by atomic mass is 16.5. The molecule has 1 N–H and O–H groups in total. The number of ether oxygens (including phenoxy) is 1. The highest BCUT2D eigenvalue weighted by molar-refractivity contribution is 5.92. The quantitative estimate of drug-likeness (QED) is 0.537. The highest BCUT2D eigenvalue weighted by Gasteiger charge is 2.27. The highest BCUT2D eigenvalue weighted by Crippen LogP contribution is 2.32. The van der Waals surface area contributed by atoms with E-state index in [9.17, 15) is 4.79 Å². The van der Waals surface area contributed by atoms with Crippen molar-refractivity contribution in [3.63, 3.8) is 0 Å². The Balaban J connectivity index is 1.29. The van der Waals surface area contributed by atoms with Gasteiger partial charge in [0.2, 0.25) is 11.8 Å². The van der Waals surface area contributed by atoms with Crippen molar-refractivity contribution in [2.24, 2.45) is 7.05 Å². The van der Waals surface area contributed by atoms with Crippen LogP contribution < -0.4 is 4.74 Å². The Hall–Kier alpha value is -3.61. The van der Waals surface area contributed by atoms with Crippen LogP contribution in [0.25, 0.3) is 22.2 Å². The number of nitrogens with one attached hydrogen (secondary N) is 1. The molecular formula is C24H25N5O2. The van der Waals surface area contributed by atoms with E-state index in [2.05, 4.69) is 57.6 Å². The normalized spacial score (nSPS) is 16.8. The third-order valence-electron chi connectivity index (χ3n) is 6.10. The lowest BCUT2D eigenvalue weighted by Crippen LogP contribution is -2.35. The van der Waals surface area contributed by atoms with Crippen LogP contribution in [0.3, 0.4) is 0 Å². The summed E-state index contributed by atoms with van der Waals surface area (Å²) >= 11 is 0. The van der Waals surface area contributed by atoms with Crippen molar-refractivity contribution in [2.75, 3.05) is 13.6 Å². The number of hydrogen-bond donors (Lipinski definition) is 1. The number of nitrogens with zero attached hydrogens (tertiary/aromatic N) is 4. The Bertz CT molecular complexity index is 1220. The first-order valence-electron chi connectivity index (χ1n) is 10.5. The van der Waals surface area contributed by atoms with Crippen LogP contribution in [0, 0.1) is 0 Å². The number of carbonyl (C=O) groups is 1. The molecule has 0 aliphatic carbocycles. The summed E-state index contributed by atoms with van der Waals surface area (Å²) in [5, 5.41) is 7.15. The molecule has 0 bridgehead atoms. The van der Waals surface area contributed by atoms with Crippen LogP contribution in [0.2, 0.25) is 0 Å². The standard InChI is InChI=1S/C24H25N5O2/c1-28-13-18(10-11-22(28)30)20-12-26-27-24(20)31-14-16-6-8-17(9-7-16)19-4-3-5-21-23(19)25-15-29(21)2/h3-9,12,15,18H,10-11,13-14H2,1-2H3,(H,26,27). The lowest BCUT2D eigenvalue weighted by molar-refractivity contribution is -0.132. The molecule has 31 heavy (non-hydrogen) atoms. The van der Waals surface area contributed by atoms with Gasteiger partial charge in [0.1, 0.15) is 6.61 Å². The molecule has 2 aromatic carbocycles. The number of aryl methyl sites for hydroxylation is 1. The molecule has 5 rings (SSSR count). The fourth-order valence-corrected chi connectivity index (χ4v) is 4.28. The van der Waals surface area contributed by atoms with Gasteiger partial charge < -0.3 is 14.2 Å². The second-order valence-corrected chi connectivity index (χ2v) is 8.18. The van der Waals surface area contributed by atoms with Crippen molar-refractivity contribution in [1.29, 1.82) is 0 Å². The van der Waals surface area contributed by atoms with E-state index in [-0.39, 0.29) is 11.8 Å². The summed E-state index contributed by atoms with van der Waals surface area (Å²) in [5.74, 6) is 1.14. The molecule has 158 valence electrons. The van der Waals surface area contributed by atoms with Gasteiger partial charge in [-0.1, -0.05) is 36.4 Å². The lowest BCUT2D eigenvalue weighted by Gasteiger charge is -2.29. The number of hydrogen-bond acceptors (Lipinski definition) is 4. The van der Waals surface area contributed by atoms with Crippen molar-refractivity contribution in [3.8, 4) is 17.0 Å². The van der Waals surface area contributed by atoms with Gasteiger partial charge in [-0.2, -0.15) is 5.10 Å². The fraction of sp³-hybridized carbons (Fsp3) is 0.292. The van der Waals surface area contributed by atoms with Crippen LogP contribution in [0.4, 0.5) is 0 Å². The van der Waals surface area contributed by atoms with Crippen LogP contribution in [0.15, 0.2) is 55.0 Å².